The highest BCUT2D eigenvalue weighted by atomic mass is 35.5. The van der Waals surface area contributed by atoms with Gasteiger partial charge in [-0.1, -0.05) is 49.2 Å². The maximum atomic E-state index is 13.7. The predicted molar refractivity (Wildman–Crippen MR) is 160 cm³/mol. The third kappa shape index (κ3) is 6.33. The molecule has 0 radical (unpaired) electrons. The van der Waals surface area contributed by atoms with Gasteiger partial charge < -0.3 is 10.2 Å². The summed E-state index contributed by atoms with van der Waals surface area (Å²) in [4.78, 5) is 29.3. The second-order valence-corrected chi connectivity index (χ2v) is 12.8. The van der Waals surface area contributed by atoms with Crippen molar-refractivity contribution in [3.8, 4) is 0 Å². The van der Waals surface area contributed by atoms with Crippen LogP contribution in [0.4, 0.5) is 5.69 Å². The first-order valence-corrected chi connectivity index (χ1v) is 16.0. The summed E-state index contributed by atoms with van der Waals surface area (Å²) in [7, 11) is -4.04. The third-order valence-corrected chi connectivity index (χ3v) is 9.91. The van der Waals surface area contributed by atoms with Crippen molar-refractivity contribution in [2.24, 2.45) is 0 Å². The highest BCUT2D eigenvalue weighted by Crippen LogP contribution is 2.37. The van der Waals surface area contributed by atoms with Crippen molar-refractivity contribution in [2.45, 2.75) is 61.4 Å². The Balaban J connectivity index is 1.39. The normalized spacial score (nSPS) is 18.3. The smallest absolute Gasteiger partial charge is 0.274 e. The van der Waals surface area contributed by atoms with Crippen LogP contribution < -0.4 is 15.8 Å². The number of fused-ring (bicyclic) bond motifs is 2. The molecule has 2 aliphatic heterocycles. The zero-order valence-corrected chi connectivity index (χ0v) is 24.7. The molecule has 2 aliphatic rings. The molecule has 0 aliphatic carbocycles. The summed E-state index contributed by atoms with van der Waals surface area (Å²) >= 11 is 6.14. The number of hydrazine groups is 1. The van der Waals surface area contributed by atoms with Crippen molar-refractivity contribution in [3.05, 3.63) is 88.4 Å². The molecule has 1 saturated heterocycles. The Morgan fingerprint density at radius 1 is 1.02 bits per heavy atom. The molecule has 1 fully saturated rings. The highest BCUT2D eigenvalue weighted by molar-refractivity contribution is 7.91. The fraction of sp³-hybridized carbons (Fsp3) is 0.355. The molecule has 0 bridgehead atoms. The van der Waals surface area contributed by atoms with Crippen LogP contribution in [0.3, 0.4) is 0 Å². The minimum absolute atomic E-state index is 0.0522. The van der Waals surface area contributed by atoms with Crippen molar-refractivity contribution in [1.29, 1.82) is 0 Å². The molecule has 1 unspecified atom stereocenters. The number of likely N-dealkylation sites (tertiary alicyclic amines) is 1. The van der Waals surface area contributed by atoms with Crippen LogP contribution in [-0.4, -0.2) is 50.8 Å². The lowest BCUT2D eigenvalue weighted by atomic mass is 10.00. The Morgan fingerprint density at radius 3 is 2.66 bits per heavy atom. The van der Waals surface area contributed by atoms with E-state index in [1.807, 2.05) is 6.07 Å². The number of anilines is 1. The zero-order valence-electron chi connectivity index (χ0n) is 23.1. The summed E-state index contributed by atoms with van der Waals surface area (Å²) < 4.78 is 27.4. The number of nitrogens with one attached hydrogen (secondary N) is 2. The van der Waals surface area contributed by atoms with Crippen LogP contribution in [0.2, 0.25) is 5.02 Å². The van der Waals surface area contributed by atoms with Crippen LogP contribution in [0.5, 0.6) is 0 Å². The Bertz CT molecular complexity index is 1540. The van der Waals surface area contributed by atoms with Gasteiger partial charge in [-0.05, 0) is 80.3 Å². The molecule has 216 valence electrons. The fourth-order valence-corrected chi connectivity index (χ4v) is 7.49. The molecule has 0 saturated carbocycles. The number of hydrogen-bond acceptors (Lipinski definition) is 6. The number of halogens is 1. The zero-order chi connectivity index (χ0) is 29.0. The standard InChI is InChI=1S/C31H35ClN4O4S/c1-2-25-11-5-6-17-35(25)18-8-16-33-30(37)23-14-15-29-27(20-23)36(34-21-22-9-7-10-24(32)19-22)31(38)26-12-3-4-13-28(26)41(29,39)40/h3-4,7,9-10,12-15,19-20,25,34H,2,5-6,8,11,16-18,21H2,1H3,(H,33,37). The Labute approximate surface area is 246 Å². The first-order valence-electron chi connectivity index (χ1n) is 14.1. The summed E-state index contributed by atoms with van der Waals surface area (Å²) in [5.41, 5.74) is 4.31. The monoisotopic (exact) mass is 594 g/mol. The van der Waals surface area contributed by atoms with E-state index in [1.54, 1.807) is 30.3 Å². The molecule has 2 N–H and O–H groups in total. The Morgan fingerprint density at radius 2 is 1.85 bits per heavy atom. The molecule has 41 heavy (non-hydrogen) atoms. The number of hydrogen-bond donors (Lipinski definition) is 2. The van der Waals surface area contributed by atoms with E-state index in [0.29, 0.717) is 17.6 Å². The molecule has 1 atom stereocenters. The SMILES string of the molecule is CCC1CCCCN1CCCNC(=O)c1ccc2c(c1)N(NCc1cccc(Cl)c1)C(=O)c1ccccc1S2(=O)=O. The Hall–Kier alpha value is -3.24. The van der Waals surface area contributed by atoms with Gasteiger partial charge in [0, 0.05) is 36.3 Å². The molecule has 5 rings (SSSR count). The van der Waals surface area contributed by atoms with Crippen molar-refractivity contribution in [1.82, 2.24) is 15.6 Å². The van der Waals surface area contributed by atoms with Gasteiger partial charge in [0.1, 0.15) is 0 Å². The fourth-order valence-electron chi connectivity index (χ4n) is 5.66. The molecule has 8 nitrogen and oxygen atoms in total. The predicted octanol–water partition coefficient (Wildman–Crippen LogP) is 5.22. The van der Waals surface area contributed by atoms with Crippen molar-refractivity contribution in [3.63, 3.8) is 0 Å². The van der Waals surface area contributed by atoms with Gasteiger partial charge in [0.05, 0.1) is 21.0 Å². The minimum atomic E-state index is -4.04. The number of amides is 2. The average Bonchev–Trinajstić information content (AvgIpc) is 3.05. The van der Waals surface area contributed by atoms with E-state index in [1.165, 1.54) is 54.6 Å². The Kier molecular flexibility index (Phi) is 9.09. The molecule has 0 aromatic heterocycles. The van der Waals surface area contributed by atoms with Gasteiger partial charge in [0.2, 0.25) is 9.84 Å². The third-order valence-electron chi connectivity index (χ3n) is 7.82. The van der Waals surface area contributed by atoms with Crippen LogP contribution in [0.25, 0.3) is 0 Å². The molecule has 0 spiro atoms. The number of carbonyl (C=O) groups is 2. The van der Waals surface area contributed by atoms with Crippen LogP contribution in [0, 0.1) is 0 Å². The summed E-state index contributed by atoms with van der Waals surface area (Å²) in [6, 6.07) is 18.3. The molecule has 3 aromatic rings. The molecule has 2 amide bonds. The molecular formula is C31H35ClN4O4S. The number of piperidine rings is 1. The quantitative estimate of drug-likeness (QED) is 0.330. The second kappa shape index (κ2) is 12.7. The topological polar surface area (TPSA) is 98.8 Å². The summed E-state index contributed by atoms with van der Waals surface area (Å²) in [5, 5.41) is 4.73. The van der Waals surface area contributed by atoms with E-state index in [4.69, 9.17) is 11.6 Å². The summed E-state index contributed by atoms with van der Waals surface area (Å²) in [6.07, 6.45) is 5.67. The number of carbonyl (C=O) groups excluding carboxylic acids is 2. The first-order chi connectivity index (χ1) is 19.8. The van der Waals surface area contributed by atoms with Gasteiger partial charge >= 0.3 is 0 Å². The molecule has 10 heteroatoms. The van der Waals surface area contributed by atoms with Crippen LogP contribution in [0.15, 0.2) is 76.5 Å². The largest absolute Gasteiger partial charge is 0.352 e. The number of nitrogens with zero attached hydrogens (tertiary/aromatic N) is 2. The van der Waals surface area contributed by atoms with Crippen molar-refractivity contribution < 1.29 is 18.0 Å². The molecular weight excluding hydrogens is 560 g/mol. The minimum Gasteiger partial charge on any atom is -0.352 e. The van der Waals surface area contributed by atoms with E-state index in [0.717, 1.165) is 31.5 Å². The number of rotatable bonds is 9. The van der Waals surface area contributed by atoms with E-state index in [2.05, 4.69) is 22.6 Å². The van der Waals surface area contributed by atoms with E-state index in [-0.39, 0.29) is 39.1 Å². The molecule has 3 aromatic carbocycles. The van der Waals surface area contributed by atoms with E-state index >= 15 is 0 Å². The van der Waals surface area contributed by atoms with Crippen LogP contribution >= 0.6 is 11.6 Å². The van der Waals surface area contributed by atoms with E-state index in [9.17, 15) is 18.0 Å². The number of sulfone groups is 1. The summed E-state index contributed by atoms with van der Waals surface area (Å²) in [6.45, 7) is 4.96. The van der Waals surface area contributed by atoms with Gasteiger partial charge in [-0.2, -0.15) is 0 Å². The maximum Gasteiger partial charge on any atom is 0.274 e. The summed E-state index contributed by atoms with van der Waals surface area (Å²) in [5.74, 6) is -0.852. The second-order valence-electron chi connectivity index (χ2n) is 10.5. The first kappa shape index (κ1) is 29.3. The lowest BCUT2D eigenvalue weighted by Gasteiger charge is -2.35. The van der Waals surface area contributed by atoms with Gasteiger partial charge in [-0.3, -0.25) is 9.59 Å². The van der Waals surface area contributed by atoms with Gasteiger partial charge in [-0.25, -0.2) is 18.9 Å². The van der Waals surface area contributed by atoms with E-state index < -0.39 is 15.7 Å². The van der Waals surface area contributed by atoms with Gasteiger partial charge in [0.15, 0.2) is 0 Å². The van der Waals surface area contributed by atoms with Crippen LogP contribution in [0.1, 0.15) is 65.3 Å². The maximum absolute atomic E-state index is 13.7. The van der Waals surface area contributed by atoms with Crippen molar-refractivity contribution >= 4 is 38.9 Å². The van der Waals surface area contributed by atoms with Gasteiger partial charge in [0.25, 0.3) is 11.8 Å². The van der Waals surface area contributed by atoms with Crippen molar-refractivity contribution in [2.75, 3.05) is 24.6 Å². The van der Waals surface area contributed by atoms with Gasteiger partial charge in [-0.15, -0.1) is 0 Å². The average molecular weight is 595 g/mol. The number of benzene rings is 3. The lowest BCUT2D eigenvalue weighted by Crippen LogP contribution is -2.43. The highest BCUT2D eigenvalue weighted by Gasteiger charge is 2.36. The lowest BCUT2D eigenvalue weighted by molar-refractivity contribution is 0.0942. The molecule has 2 heterocycles. The van der Waals surface area contributed by atoms with Crippen LogP contribution in [-0.2, 0) is 16.4 Å².